The summed E-state index contributed by atoms with van der Waals surface area (Å²) in [4.78, 5) is 24.1. The Labute approximate surface area is 199 Å². The average molecular weight is 478 g/mol. The van der Waals surface area contributed by atoms with Gasteiger partial charge in [0.05, 0.1) is 5.69 Å². The van der Waals surface area contributed by atoms with E-state index in [0.717, 1.165) is 15.8 Å². The molecule has 0 bridgehead atoms. The van der Waals surface area contributed by atoms with Crippen LogP contribution in [0, 0.1) is 3.95 Å². The summed E-state index contributed by atoms with van der Waals surface area (Å²) in [6, 6.07) is 24.2. The van der Waals surface area contributed by atoms with Gasteiger partial charge in [-0.05, 0) is 61.1 Å². The van der Waals surface area contributed by atoms with Crippen molar-refractivity contribution in [1.82, 2.24) is 9.78 Å². The Bertz CT molecular complexity index is 1310. The summed E-state index contributed by atoms with van der Waals surface area (Å²) in [5.41, 5.74) is 3.66. The number of ketones is 1. The fourth-order valence-electron chi connectivity index (χ4n) is 2.97. The highest BCUT2D eigenvalue weighted by Crippen LogP contribution is 2.27. The lowest BCUT2D eigenvalue weighted by atomic mass is 10.1. The van der Waals surface area contributed by atoms with Crippen LogP contribution in [0.1, 0.15) is 33.2 Å². The zero-order chi connectivity index (χ0) is 22.5. The number of thioether (sulfide) groups is 1. The molecule has 0 saturated heterocycles. The van der Waals surface area contributed by atoms with Crippen molar-refractivity contribution in [3.05, 3.63) is 99.5 Å². The molecule has 4 aromatic rings. The van der Waals surface area contributed by atoms with Crippen LogP contribution in [0.3, 0.4) is 0 Å². The van der Waals surface area contributed by atoms with E-state index in [0.29, 0.717) is 20.8 Å². The van der Waals surface area contributed by atoms with Crippen LogP contribution in [0.4, 0.5) is 5.69 Å². The van der Waals surface area contributed by atoms with E-state index in [-0.39, 0.29) is 11.7 Å². The summed E-state index contributed by atoms with van der Waals surface area (Å²) in [6.45, 7) is 1.49. The van der Waals surface area contributed by atoms with Gasteiger partial charge in [0, 0.05) is 22.6 Å². The van der Waals surface area contributed by atoms with Gasteiger partial charge in [-0.1, -0.05) is 65.6 Å². The molecule has 4 rings (SSSR count). The summed E-state index contributed by atoms with van der Waals surface area (Å²) in [5.74, 6) is 0.526. The summed E-state index contributed by atoms with van der Waals surface area (Å²) in [6.07, 6.45) is 0. The maximum absolute atomic E-state index is 12.6. The third kappa shape index (κ3) is 5.40. The lowest BCUT2D eigenvalue weighted by Crippen LogP contribution is -2.12. The van der Waals surface area contributed by atoms with E-state index in [1.165, 1.54) is 23.8 Å². The second-order valence-corrected chi connectivity index (χ2v) is 9.80. The quantitative estimate of drug-likeness (QED) is 0.189. The van der Waals surface area contributed by atoms with Crippen LogP contribution in [0.25, 0.3) is 5.69 Å². The number of hydrogen-bond acceptors (Lipinski definition) is 6. The highest BCUT2D eigenvalue weighted by atomic mass is 32.2. The third-order valence-corrected chi connectivity index (χ3v) is 7.07. The summed E-state index contributed by atoms with van der Waals surface area (Å²) in [7, 11) is 0. The SMILES string of the molecule is CC(=O)c1cccc(NC(=O)c2ccc(-n3nc(SCc4ccccc4)sc3=S)cc2)c1. The predicted molar refractivity (Wildman–Crippen MR) is 133 cm³/mol. The molecular weight excluding hydrogens is 458 g/mol. The number of benzene rings is 3. The van der Waals surface area contributed by atoms with E-state index in [2.05, 4.69) is 22.5 Å². The number of hydrogen-bond donors (Lipinski definition) is 1. The van der Waals surface area contributed by atoms with E-state index in [1.54, 1.807) is 52.8 Å². The molecule has 0 atom stereocenters. The fourth-order valence-corrected chi connectivity index (χ4v) is 5.29. The van der Waals surface area contributed by atoms with Gasteiger partial charge in [0.1, 0.15) is 0 Å². The molecule has 0 radical (unpaired) electrons. The van der Waals surface area contributed by atoms with Gasteiger partial charge in [0.15, 0.2) is 14.1 Å². The smallest absolute Gasteiger partial charge is 0.255 e. The molecule has 3 aromatic carbocycles. The number of carbonyl (C=O) groups excluding carboxylic acids is 2. The second-order valence-electron chi connectivity index (χ2n) is 6.96. The molecule has 0 unspecified atom stereocenters. The van der Waals surface area contributed by atoms with Crippen molar-refractivity contribution in [1.29, 1.82) is 0 Å². The van der Waals surface area contributed by atoms with Crippen LogP contribution in [0.2, 0.25) is 0 Å². The summed E-state index contributed by atoms with van der Waals surface area (Å²) in [5, 5.41) is 7.45. The molecule has 1 heterocycles. The first-order chi connectivity index (χ1) is 15.5. The van der Waals surface area contributed by atoms with Crippen LogP contribution in [0.15, 0.2) is 83.2 Å². The third-order valence-electron chi connectivity index (χ3n) is 4.64. The van der Waals surface area contributed by atoms with Gasteiger partial charge >= 0.3 is 0 Å². The van der Waals surface area contributed by atoms with E-state index in [1.807, 2.05) is 30.3 Å². The number of aromatic nitrogens is 2. The lowest BCUT2D eigenvalue weighted by Gasteiger charge is -2.07. The van der Waals surface area contributed by atoms with Crippen molar-refractivity contribution in [3.63, 3.8) is 0 Å². The molecule has 8 heteroatoms. The van der Waals surface area contributed by atoms with Crippen molar-refractivity contribution in [2.75, 3.05) is 5.32 Å². The van der Waals surface area contributed by atoms with E-state index in [4.69, 9.17) is 12.2 Å². The molecule has 1 N–H and O–H groups in total. The molecule has 0 aliphatic rings. The minimum absolute atomic E-state index is 0.0493. The first-order valence-corrected chi connectivity index (χ1v) is 12.0. The Balaban J connectivity index is 1.45. The van der Waals surface area contributed by atoms with Gasteiger partial charge < -0.3 is 5.32 Å². The minimum Gasteiger partial charge on any atom is -0.322 e. The van der Waals surface area contributed by atoms with Crippen molar-refractivity contribution in [2.24, 2.45) is 0 Å². The molecule has 160 valence electrons. The number of amides is 1. The van der Waals surface area contributed by atoms with E-state index >= 15 is 0 Å². The zero-order valence-electron chi connectivity index (χ0n) is 17.1. The first kappa shape index (κ1) is 22.1. The molecular formula is C24H19N3O2S3. The van der Waals surface area contributed by atoms with Gasteiger partial charge in [-0.15, -0.1) is 5.10 Å². The Hall–Kier alpha value is -3.07. The van der Waals surface area contributed by atoms with E-state index in [9.17, 15) is 9.59 Å². The van der Waals surface area contributed by atoms with Crippen LogP contribution >= 0.6 is 35.3 Å². The molecule has 0 aliphatic carbocycles. The Morgan fingerprint density at radius 1 is 1.00 bits per heavy atom. The van der Waals surface area contributed by atoms with E-state index < -0.39 is 0 Å². The number of carbonyl (C=O) groups is 2. The zero-order valence-corrected chi connectivity index (χ0v) is 19.6. The molecule has 32 heavy (non-hydrogen) atoms. The number of rotatable bonds is 7. The molecule has 0 aliphatic heterocycles. The standard InChI is InChI=1S/C24H19N3O2S3/c1-16(28)19-8-5-9-20(14-19)25-22(29)18-10-12-21(13-11-18)27-24(30)32-23(26-27)31-15-17-6-3-2-4-7-17/h2-14H,15H2,1H3,(H,25,29). The van der Waals surface area contributed by atoms with Gasteiger partial charge in [0.25, 0.3) is 5.91 Å². The molecule has 0 fully saturated rings. The molecule has 5 nitrogen and oxygen atoms in total. The monoisotopic (exact) mass is 477 g/mol. The topological polar surface area (TPSA) is 64.0 Å². The van der Waals surface area contributed by atoms with Crippen molar-refractivity contribution in [3.8, 4) is 5.69 Å². The fraction of sp³-hybridized carbons (Fsp3) is 0.0833. The normalized spacial score (nSPS) is 10.7. The Kier molecular flexibility index (Phi) is 6.94. The number of nitrogens with one attached hydrogen (secondary N) is 1. The van der Waals surface area contributed by atoms with Crippen molar-refractivity contribution >= 4 is 52.7 Å². The van der Waals surface area contributed by atoms with Gasteiger partial charge in [-0.3, -0.25) is 9.59 Å². The number of Topliss-reactive ketones (excluding diaryl/α,β-unsaturated/α-hetero) is 1. The Morgan fingerprint density at radius 2 is 1.75 bits per heavy atom. The van der Waals surface area contributed by atoms with Crippen LogP contribution in [-0.4, -0.2) is 21.5 Å². The molecule has 1 amide bonds. The minimum atomic E-state index is -0.252. The predicted octanol–water partition coefficient (Wildman–Crippen LogP) is 6.41. The van der Waals surface area contributed by atoms with Gasteiger partial charge in [0.2, 0.25) is 0 Å². The number of nitrogens with zero attached hydrogens (tertiary/aromatic N) is 2. The van der Waals surface area contributed by atoms with Crippen molar-refractivity contribution in [2.45, 2.75) is 17.0 Å². The Morgan fingerprint density at radius 3 is 2.47 bits per heavy atom. The lowest BCUT2D eigenvalue weighted by molar-refractivity contribution is 0.101. The average Bonchev–Trinajstić information content (AvgIpc) is 3.19. The maximum Gasteiger partial charge on any atom is 0.255 e. The molecule has 1 aromatic heterocycles. The van der Waals surface area contributed by atoms with Crippen LogP contribution in [-0.2, 0) is 5.75 Å². The second kappa shape index (κ2) is 10.0. The maximum atomic E-state index is 12.6. The number of anilines is 1. The van der Waals surface area contributed by atoms with Gasteiger partial charge in [-0.2, -0.15) is 0 Å². The van der Waals surface area contributed by atoms with Crippen LogP contribution in [0.5, 0.6) is 0 Å². The summed E-state index contributed by atoms with van der Waals surface area (Å²) < 4.78 is 3.26. The first-order valence-electron chi connectivity index (χ1n) is 9.79. The van der Waals surface area contributed by atoms with Crippen molar-refractivity contribution < 1.29 is 9.59 Å². The van der Waals surface area contributed by atoms with Crippen LogP contribution < -0.4 is 5.32 Å². The summed E-state index contributed by atoms with van der Waals surface area (Å²) >= 11 is 8.60. The van der Waals surface area contributed by atoms with Gasteiger partial charge in [-0.25, -0.2) is 4.68 Å². The largest absolute Gasteiger partial charge is 0.322 e. The molecule has 0 spiro atoms. The highest BCUT2D eigenvalue weighted by Gasteiger charge is 2.10. The highest BCUT2D eigenvalue weighted by molar-refractivity contribution is 8.00. The molecule has 0 saturated carbocycles.